The number of rotatable bonds is 6. The Hall–Kier alpha value is -3.19. The lowest BCUT2D eigenvalue weighted by Gasteiger charge is -2.09. The molecule has 0 aliphatic heterocycles. The lowest BCUT2D eigenvalue weighted by atomic mass is 10.2. The van der Waals surface area contributed by atoms with Gasteiger partial charge in [0.1, 0.15) is 12.4 Å². The molecule has 0 saturated heterocycles. The third-order valence-electron chi connectivity index (χ3n) is 3.41. The topological polar surface area (TPSA) is 80.3 Å². The van der Waals surface area contributed by atoms with E-state index < -0.39 is 0 Å². The molecule has 0 saturated carbocycles. The van der Waals surface area contributed by atoms with E-state index in [-0.39, 0.29) is 11.8 Å². The molecule has 0 aliphatic carbocycles. The van der Waals surface area contributed by atoms with Gasteiger partial charge in [-0.2, -0.15) is 0 Å². The molecule has 0 fully saturated rings. The molecule has 0 spiro atoms. The Morgan fingerprint density at radius 2 is 1.85 bits per heavy atom. The van der Waals surface area contributed by atoms with Crippen molar-refractivity contribution in [3.8, 4) is 5.75 Å². The minimum absolute atomic E-state index is 0.168. The van der Waals surface area contributed by atoms with Crippen LogP contribution in [0, 0.1) is 0 Å². The molecule has 26 heavy (non-hydrogen) atoms. The molecule has 0 bridgehead atoms. The second kappa shape index (κ2) is 8.26. The molecule has 6 nitrogen and oxygen atoms in total. The predicted octanol–water partition coefficient (Wildman–Crippen LogP) is 3.93. The van der Waals surface area contributed by atoms with Gasteiger partial charge in [-0.1, -0.05) is 12.1 Å². The van der Waals surface area contributed by atoms with Crippen LogP contribution in [0.5, 0.6) is 5.75 Å². The van der Waals surface area contributed by atoms with E-state index >= 15 is 0 Å². The molecule has 3 rings (SSSR count). The first-order chi connectivity index (χ1) is 12.6. The van der Waals surface area contributed by atoms with E-state index in [0.717, 1.165) is 5.69 Å². The molecule has 0 radical (unpaired) electrons. The van der Waals surface area contributed by atoms with E-state index in [2.05, 4.69) is 15.6 Å². The number of thiazole rings is 1. The van der Waals surface area contributed by atoms with Gasteiger partial charge in [0.15, 0.2) is 0 Å². The van der Waals surface area contributed by atoms with Gasteiger partial charge in [-0.3, -0.25) is 9.59 Å². The fraction of sp³-hybridized carbons (Fsp3) is 0.105. The van der Waals surface area contributed by atoms with Gasteiger partial charge in [0.2, 0.25) is 5.91 Å². The third-order valence-corrected chi connectivity index (χ3v) is 4.04. The molecule has 2 aromatic carbocycles. The molecule has 7 heteroatoms. The molecule has 132 valence electrons. The fourth-order valence-corrected chi connectivity index (χ4v) is 2.82. The third kappa shape index (κ3) is 4.90. The van der Waals surface area contributed by atoms with Crippen LogP contribution in [0.2, 0.25) is 0 Å². The summed E-state index contributed by atoms with van der Waals surface area (Å²) in [6.07, 6.45) is 0. The zero-order chi connectivity index (χ0) is 18.4. The van der Waals surface area contributed by atoms with Crippen molar-refractivity contribution in [3.05, 3.63) is 70.7 Å². The quantitative estimate of drug-likeness (QED) is 0.692. The first kappa shape index (κ1) is 17.6. The Labute approximate surface area is 154 Å². The summed E-state index contributed by atoms with van der Waals surface area (Å²) in [5.41, 5.74) is 4.29. The van der Waals surface area contributed by atoms with Crippen LogP contribution in [0.1, 0.15) is 23.0 Å². The van der Waals surface area contributed by atoms with Gasteiger partial charge < -0.3 is 15.4 Å². The van der Waals surface area contributed by atoms with Gasteiger partial charge in [0, 0.05) is 29.2 Å². The largest absolute Gasteiger partial charge is 0.487 e. The highest BCUT2D eigenvalue weighted by Crippen LogP contribution is 2.19. The van der Waals surface area contributed by atoms with Crippen LogP contribution in [0.15, 0.2) is 59.4 Å². The smallest absolute Gasteiger partial charge is 0.255 e. The molecule has 1 heterocycles. The number of amides is 2. The lowest BCUT2D eigenvalue weighted by Crippen LogP contribution is -2.12. The Kier molecular flexibility index (Phi) is 5.60. The summed E-state index contributed by atoms with van der Waals surface area (Å²) in [5.74, 6) is 0.167. The zero-order valence-electron chi connectivity index (χ0n) is 14.1. The number of carbonyl (C=O) groups is 2. The lowest BCUT2D eigenvalue weighted by molar-refractivity contribution is -0.114. The minimum Gasteiger partial charge on any atom is -0.487 e. The molecule has 1 aromatic heterocycles. The van der Waals surface area contributed by atoms with Crippen LogP contribution in [-0.4, -0.2) is 16.8 Å². The maximum atomic E-state index is 12.5. The highest BCUT2D eigenvalue weighted by molar-refractivity contribution is 7.07. The van der Waals surface area contributed by atoms with Gasteiger partial charge in [0.05, 0.1) is 11.2 Å². The summed E-state index contributed by atoms with van der Waals surface area (Å²) in [7, 11) is 0. The zero-order valence-corrected chi connectivity index (χ0v) is 14.9. The number of nitrogens with one attached hydrogen (secondary N) is 2. The summed E-state index contributed by atoms with van der Waals surface area (Å²) < 4.78 is 5.67. The molecule has 0 unspecified atom stereocenters. The van der Waals surface area contributed by atoms with Crippen molar-refractivity contribution in [3.63, 3.8) is 0 Å². The number of ether oxygens (including phenoxy) is 1. The second-order valence-corrected chi connectivity index (χ2v) is 6.23. The van der Waals surface area contributed by atoms with Gasteiger partial charge in [-0.25, -0.2) is 4.98 Å². The van der Waals surface area contributed by atoms with Crippen molar-refractivity contribution in [2.45, 2.75) is 13.5 Å². The first-order valence-electron chi connectivity index (χ1n) is 7.89. The fourth-order valence-electron chi connectivity index (χ4n) is 2.27. The predicted molar refractivity (Wildman–Crippen MR) is 102 cm³/mol. The molecule has 3 aromatic rings. The van der Waals surface area contributed by atoms with E-state index in [1.165, 1.54) is 18.3 Å². The van der Waals surface area contributed by atoms with E-state index in [1.807, 2.05) is 5.38 Å². The standard InChI is InChI=1S/C19H17N3O3S/c1-13(23)21-15-5-3-6-16(9-15)22-19(24)14-4-2-7-18(8-14)25-10-17-11-26-12-20-17/h2-9,11-12H,10H2,1H3,(H,21,23)(H,22,24). The Morgan fingerprint density at radius 1 is 1.08 bits per heavy atom. The number of carbonyl (C=O) groups excluding carboxylic acids is 2. The number of benzene rings is 2. The molecule has 0 atom stereocenters. The van der Waals surface area contributed by atoms with Crippen LogP contribution in [-0.2, 0) is 11.4 Å². The number of nitrogens with zero attached hydrogens (tertiary/aromatic N) is 1. The Morgan fingerprint density at radius 3 is 2.58 bits per heavy atom. The van der Waals surface area contributed by atoms with Crippen LogP contribution < -0.4 is 15.4 Å². The summed E-state index contributed by atoms with van der Waals surface area (Å²) in [6.45, 7) is 1.79. The summed E-state index contributed by atoms with van der Waals surface area (Å²) >= 11 is 1.51. The van der Waals surface area contributed by atoms with E-state index in [1.54, 1.807) is 54.0 Å². The monoisotopic (exact) mass is 367 g/mol. The van der Waals surface area contributed by atoms with Gasteiger partial charge >= 0.3 is 0 Å². The van der Waals surface area contributed by atoms with Crippen LogP contribution in [0.25, 0.3) is 0 Å². The van der Waals surface area contributed by atoms with Crippen molar-refractivity contribution in [2.24, 2.45) is 0 Å². The molecule has 0 aliphatic rings. The average Bonchev–Trinajstić information content (AvgIpc) is 3.13. The number of aromatic nitrogens is 1. The normalized spacial score (nSPS) is 10.2. The van der Waals surface area contributed by atoms with Gasteiger partial charge in [0.25, 0.3) is 5.91 Å². The number of hydrogen-bond donors (Lipinski definition) is 2. The second-order valence-electron chi connectivity index (χ2n) is 5.51. The van der Waals surface area contributed by atoms with Crippen LogP contribution >= 0.6 is 11.3 Å². The van der Waals surface area contributed by atoms with E-state index in [0.29, 0.717) is 29.3 Å². The minimum atomic E-state index is -0.260. The summed E-state index contributed by atoms with van der Waals surface area (Å²) in [6, 6.07) is 13.9. The molecular formula is C19H17N3O3S. The van der Waals surface area contributed by atoms with Crippen molar-refractivity contribution in [1.29, 1.82) is 0 Å². The van der Waals surface area contributed by atoms with E-state index in [4.69, 9.17) is 4.74 Å². The summed E-state index contributed by atoms with van der Waals surface area (Å²) in [5, 5.41) is 7.41. The first-order valence-corrected chi connectivity index (χ1v) is 8.83. The highest BCUT2D eigenvalue weighted by atomic mass is 32.1. The van der Waals surface area contributed by atoms with Crippen molar-refractivity contribution < 1.29 is 14.3 Å². The molecular weight excluding hydrogens is 350 g/mol. The van der Waals surface area contributed by atoms with Crippen molar-refractivity contribution in [2.75, 3.05) is 10.6 Å². The SMILES string of the molecule is CC(=O)Nc1cccc(NC(=O)c2cccc(OCc3cscn3)c2)c1. The van der Waals surface area contributed by atoms with Gasteiger partial charge in [-0.05, 0) is 36.4 Å². The van der Waals surface area contributed by atoms with Crippen molar-refractivity contribution >= 4 is 34.5 Å². The van der Waals surface area contributed by atoms with Crippen molar-refractivity contribution in [1.82, 2.24) is 4.98 Å². The maximum absolute atomic E-state index is 12.5. The van der Waals surface area contributed by atoms with E-state index in [9.17, 15) is 9.59 Å². The molecule has 2 amide bonds. The molecule has 2 N–H and O–H groups in total. The maximum Gasteiger partial charge on any atom is 0.255 e. The van der Waals surface area contributed by atoms with Crippen LogP contribution in [0.4, 0.5) is 11.4 Å². The summed E-state index contributed by atoms with van der Waals surface area (Å²) in [4.78, 5) is 27.8. The number of anilines is 2. The highest BCUT2D eigenvalue weighted by Gasteiger charge is 2.08. The average molecular weight is 367 g/mol. The van der Waals surface area contributed by atoms with Gasteiger partial charge in [-0.15, -0.1) is 11.3 Å². The van der Waals surface area contributed by atoms with Crippen LogP contribution in [0.3, 0.4) is 0 Å². The Bertz CT molecular complexity index is 910. The Balaban J connectivity index is 1.66. The number of hydrogen-bond acceptors (Lipinski definition) is 5.